The predicted molar refractivity (Wildman–Crippen MR) is 118 cm³/mol. The zero-order chi connectivity index (χ0) is 20.4. The van der Waals surface area contributed by atoms with E-state index in [1.54, 1.807) is 6.07 Å². The molecule has 6 heteroatoms. The third-order valence-electron chi connectivity index (χ3n) is 7.18. The summed E-state index contributed by atoms with van der Waals surface area (Å²) >= 11 is 12.2. The van der Waals surface area contributed by atoms with Crippen molar-refractivity contribution in [2.75, 3.05) is 26.7 Å². The van der Waals surface area contributed by atoms with Crippen molar-refractivity contribution < 1.29 is 9.53 Å². The number of carbonyl (C=O) groups is 1. The highest BCUT2D eigenvalue weighted by atomic mass is 35.5. The van der Waals surface area contributed by atoms with E-state index in [0.29, 0.717) is 22.5 Å². The van der Waals surface area contributed by atoms with Crippen molar-refractivity contribution >= 4 is 29.1 Å². The lowest BCUT2D eigenvalue weighted by Crippen LogP contribution is -2.53. The zero-order valence-electron chi connectivity index (χ0n) is 17.3. The molecule has 1 amide bonds. The van der Waals surface area contributed by atoms with Gasteiger partial charge in [-0.2, -0.15) is 0 Å². The first-order chi connectivity index (χ1) is 14.0. The number of carbonyl (C=O) groups excluding carboxylic acids is 1. The Hall–Kier alpha value is -0.810. The second-order valence-electron chi connectivity index (χ2n) is 9.04. The minimum absolute atomic E-state index is 0.0373. The highest BCUT2D eigenvalue weighted by Gasteiger charge is 2.45. The van der Waals surface area contributed by atoms with Crippen molar-refractivity contribution in [3.05, 3.63) is 33.8 Å². The second kappa shape index (κ2) is 9.13. The molecule has 1 aromatic carbocycles. The van der Waals surface area contributed by atoms with Gasteiger partial charge in [0, 0.05) is 25.7 Å². The number of likely N-dealkylation sites (N-methyl/N-ethyl adjacent to an activating group) is 1. The van der Waals surface area contributed by atoms with E-state index in [-0.39, 0.29) is 17.6 Å². The molecule has 0 radical (unpaired) electrons. The number of ether oxygens (including phenoxy) is 1. The van der Waals surface area contributed by atoms with Crippen molar-refractivity contribution in [2.45, 2.75) is 75.5 Å². The molecule has 1 aliphatic carbocycles. The van der Waals surface area contributed by atoms with Crippen molar-refractivity contribution in [3.63, 3.8) is 0 Å². The number of nitrogens with zero attached hydrogens (tertiary/aromatic N) is 2. The number of hydrogen-bond acceptors (Lipinski definition) is 3. The summed E-state index contributed by atoms with van der Waals surface area (Å²) in [4.78, 5) is 17.8. The SMILES string of the molecule is CN(C(=O)Cc1ccc(Cl)c(Cl)c1)C1CCCC2(CCCO2)CC1N1CCCC1. The van der Waals surface area contributed by atoms with Gasteiger partial charge < -0.3 is 9.64 Å². The van der Waals surface area contributed by atoms with Crippen LogP contribution in [-0.4, -0.2) is 60.1 Å². The van der Waals surface area contributed by atoms with Crippen LogP contribution in [0.5, 0.6) is 0 Å². The molecular formula is C23H32Cl2N2O2. The largest absolute Gasteiger partial charge is 0.375 e. The number of hydrogen-bond donors (Lipinski definition) is 0. The first kappa shape index (κ1) is 21.4. The van der Waals surface area contributed by atoms with Crippen molar-refractivity contribution in [1.82, 2.24) is 9.80 Å². The van der Waals surface area contributed by atoms with Crippen LogP contribution in [0.25, 0.3) is 0 Å². The van der Waals surface area contributed by atoms with Crippen LogP contribution < -0.4 is 0 Å². The minimum atomic E-state index is 0.0373. The molecule has 0 N–H and O–H groups in total. The van der Waals surface area contributed by atoms with Gasteiger partial charge in [-0.15, -0.1) is 0 Å². The van der Waals surface area contributed by atoms with Gasteiger partial charge in [-0.3, -0.25) is 9.69 Å². The van der Waals surface area contributed by atoms with Crippen molar-refractivity contribution in [1.29, 1.82) is 0 Å². The Morgan fingerprint density at radius 3 is 2.62 bits per heavy atom. The minimum Gasteiger partial charge on any atom is -0.375 e. The van der Waals surface area contributed by atoms with Gasteiger partial charge in [0.25, 0.3) is 0 Å². The van der Waals surface area contributed by atoms with E-state index < -0.39 is 0 Å². The topological polar surface area (TPSA) is 32.8 Å². The van der Waals surface area contributed by atoms with E-state index >= 15 is 0 Å². The van der Waals surface area contributed by atoms with Gasteiger partial charge in [-0.1, -0.05) is 29.3 Å². The predicted octanol–water partition coefficient (Wildman–Crippen LogP) is 4.95. The highest BCUT2D eigenvalue weighted by molar-refractivity contribution is 6.42. The van der Waals surface area contributed by atoms with E-state index in [1.807, 2.05) is 24.1 Å². The fraction of sp³-hybridized carbons (Fsp3) is 0.696. The number of halogens is 2. The molecule has 4 nitrogen and oxygen atoms in total. The normalized spacial score (nSPS) is 30.6. The lowest BCUT2D eigenvalue weighted by molar-refractivity contribution is -0.133. The van der Waals surface area contributed by atoms with Crippen LogP contribution in [0.1, 0.15) is 56.9 Å². The molecule has 2 aliphatic heterocycles. The maximum Gasteiger partial charge on any atom is 0.227 e. The second-order valence-corrected chi connectivity index (χ2v) is 9.85. The lowest BCUT2D eigenvalue weighted by atomic mass is 9.88. The third-order valence-corrected chi connectivity index (χ3v) is 7.92. The van der Waals surface area contributed by atoms with Gasteiger partial charge in [0.1, 0.15) is 0 Å². The highest BCUT2D eigenvalue weighted by Crippen LogP contribution is 2.41. The Labute approximate surface area is 184 Å². The van der Waals surface area contributed by atoms with Crippen molar-refractivity contribution in [2.24, 2.45) is 0 Å². The molecule has 2 heterocycles. The Kier molecular flexibility index (Phi) is 6.75. The summed E-state index contributed by atoms with van der Waals surface area (Å²) in [5.74, 6) is 0.154. The maximum atomic E-state index is 13.2. The Morgan fingerprint density at radius 2 is 1.93 bits per heavy atom. The van der Waals surface area contributed by atoms with Gasteiger partial charge in [0.15, 0.2) is 0 Å². The molecule has 29 heavy (non-hydrogen) atoms. The van der Waals surface area contributed by atoms with E-state index in [9.17, 15) is 4.79 Å². The fourth-order valence-electron chi connectivity index (χ4n) is 5.59. The van der Waals surface area contributed by atoms with Crippen LogP contribution in [-0.2, 0) is 16.0 Å². The van der Waals surface area contributed by atoms with Gasteiger partial charge in [-0.05, 0) is 82.2 Å². The molecule has 1 spiro atoms. The summed E-state index contributed by atoms with van der Waals surface area (Å²) in [6.45, 7) is 3.18. The quantitative estimate of drug-likeness (QED) is 0.666. The Morgan fingerprint density at radius 1 is 1.17 bits per heavy atom. The van der Waals surface area contributed by atoms with Gasteiger partial charge in [-0.25, -0.2) is 0 Å². The van der Waals surface area contributed by atoms with Gasteiger partial charge in [0.05, 0.1) is 22.1 Å². The number of likely N-dealkylation sites (tertiary alicyclic amines) is 1. The zero-order valence-corrected chi connectivity index (χ0v) is 18.9. The van der Waals surface area contributed by atoms with Crippen molar-refractivity contribution in [3.8, 4) is 0 Å². The molecule has 3 fully saturated rings. The van der Waals surface area contributed by atoms with E-state index in [4.69, 9.17) is 27.9 Å². The summed E-state index contributed by atoms with van der Waals surface area (Å²) in [6.07, 6.45) is 9.59. The number of benzene rings is 1. The summed E-state index contributed by atoms with van der Waals surface area (Å²) in [5.41, 5.74) is 0.952. The molecule has 160 valence electrons. The van der Waals surface area contributed by atoms with E-state index in [1.165, 1.54) is 25.7 Å². The molecule has 2 saturated heterocycles. The maximum absolute atomic E-state index is 13.2. The number of amides is 1. The molecular weight excluding hydrogens is 407 g/mol. The fourth-order valence-corrected chi connectivity index (χ4v) is 5.91. The monoisotopic (exact) mass is 438 g/mol. The first-order valence-corrected chi connectivity index (χ1v) is 11.8. The summed E-state index contributed by atoms with van der Waals surface area (Å²) in [6, 6.07) is 6.11. The van der Waals surface area contributed by atoms with Crippen LogP contribution in [0.4, 0.5) is 0 Å². The third kappa shape index (κ3) is 4.76. The summed E-state index contributed by atoms with van der Waals surface area (Å²) in [7, 11) is 1.99. The van der Waals surface area contributed by atoms with Crippen LogP contribution in [0, 0.1) is 0 Å². The van der Waals surface area contributed by atoms with Crippen LogP contribution >= 0.6 is 23.2 Å². The molecule has 1 saturated carbocycles. The molecule has 0 aromatic heterocycles. The first-order valence-electron chi connectivity index (χ1n) is 11.1. The lowest BCUT2D eigenvalue weighted by Gasteiger charge is -2.41. The van der Waals surface area contributed by atoms with Crippen LogP contribution in [0.2, 0.25) is 10.0 Å². The van der Waals surface area contributed by atoms with E-state index in [2.05, 4.69) is 4.90 Å². The smallest absolute Gasteiger partial charge is 0.227 e. The van der Waals surface area contributed by atoms with Gasteiger partial charge in [0.2, 0.25) is 5.91 Å². The van der Waals surface area contributed by atoms with Crippen LogP contribution in [0.15, 0.2) is 18.2 Å². The summed E-state index contributed by atoms with van der Waals surface area (Å²) in [5, 5.41) is 1.03. The molecule has 3 atom stereocenters. The molecule has 1 aromatic rings. The molecule has 3 unspecified atom stereocenters. The van der Waals surface area contributed by atoms with E-state index in [0.717, 1.165) is 50.9 Å². The Balaban J connectivity index is 1.51. The standard InChI is InChI=1S/C23H32Cl2N2O2/c1-26(22(28)15-17-7-8-18(24)19(25)14-17)20-6-4-9-23(10-5-13-29-23)16-21(20)27-11-2-3-12-27/h7-8,14,20-21H,2-6,9-13,15-16H2,1H3. The van der Waals surface area contributed by atoms with Crippen LogP contribution in [0.3, 0.4) is 0 Å². The average molecular weight is 439 g/mol. The molecule has 0 bridgehead atoms. The molecule has 4 rings (SSSR count). The Bertz CT molecular complexity index is 730. The average Bonchev–Trinajstić information content (AvgIpc) is 3.35. The number of rotatable bonds is 4. The van der Waals surface area contributed by atoms with Gasteiger partial charge >= 0.3 is 0 Å². The molecule has 3 aliphatic rings. The summed E-state index contributed by atoms with van der Waals surface area (Å²) < 4.78 is 6.30.